The van der Waals surface area contributed by atoms with E-state index in [4.69, 9.17) is 15.3 Å². The molecule has 0 aliphatic carbocycles. The highest BCUT2D eigenvalue weighted by Gasteiger charge is 2.21. The third kappa shape index (κ3) is 1.57. The summed E-state index contributed by atoms with van der Waals surface area (Å²) in [6.07, 6.45) is 1.51. The Hall–Kier alpha value is -1.07. The SMILES string of the molecule is COC1=NC(C)=CC(OC)N1N. The van der Waals surface area contributed by atoms with Crippen LogP contribution >= 0.6 is 0 Å². The summed E-state index contributed by atoms with van der Waals surface area (Å²) in [4.78, 5) is 4.06. The summed E-state index contributed by atoms with van der Waals surface area (Å²) >= 11 is 0. The first kappa shape index (κ1) is 9.02. The lowest BCUT2D eigenvalue weighted by Gasteiger charge is -2.28. The van der Waals surface area contributed by atoms with Crippen LogP contribution in [0.5, 0.6) is 0 Å². The molecule has 0 saturated carbocycles. The number of aliphatic imine (C=N–C) groups is 1. The second kappa shape index (κ2) is 3.55. The molecule has 1 aliphatic heterocycles. The van der Waals surface area contributed by atoms with Crippen LogP contribution in [-0.2, 0) is 9.47 Å². The van der Waals surface area contributed by atoms with Crippen molar-refractivity contribution in [2.45, 2.75) is 13.2 Å². The second-order valence-corrected chi connectivity index (χ2v) is 2.44. The lowest BCUT2D eigenvalue weighted by atomic mass is 10.3. The monoisotopic (exact) mass is 171 g/mol. The average Bonchev–Trinajstić information content (AvgIpc) is 2.08. The number of nitrogens with zero attached hydrogens (tertiary/aromatic N) is 2. The van der Waals surface area contributed by atoms with E-state index in [9.17, 15) is 0 Å². The summed E-state index contributed by atoms with van der Waals surface area (Å²) in [6.45, 7) is 1.86. The molecule has 1 heterocycles. The Morgan fingerprint density at radius 3 is 2.75 bits per heavy atom. The number of amidine groups is 1. The molecule has 0 aromatic carbocycles. The number of rotatable bonds is 1. The minimum atomic E-state index is -0.294. The molecule has 5 heteroatoms. The quantitative estimate of drug-likeness (QED) is 0.566. The predicted octanol–water partition coefficient (Wildman–Crippen LogP) is 0.0544. The van der Waals surface area contributed by atoms with E-state index in [1.807, 2.05) is 13.0 Å². The van der Waals surface area contributed by atoms with E-state index < -0.39 is 0 Å². The topological polar surface area (TPSA) is 60.1 Å². The zero-order valence-corrected chi connectivity index (χ0v) is 7.44. The van der Waals surface area contributed by atoms with Gasteiger partial charge in [-0.2, -0.15) is 0 Å². The molecule has 1 unspecified atom stereocenters. The number of ether oxygens (including phenoxy) is 2. The number of nitrogens with two attached hydrogens (primary N) is 1. The summed E-state index contributed by atoms with van der Waals surface area (Å²) in [6, 6.07) is 0.363. The molecule has 0 bridgehead atoms. The smallest absolute Gasteiger partial charge is 0.309 e. The van der Waals surface area contributed by atoms with E-state index in [2.05, 4.69) is 4.99 Å². The highest BCUT2D eigenvalue weighted by molar-refractivity contribution is 5.75. The average molecular weight is 171 g/mol. The van der Waals surface area contributed by atoms with Crippen LogP contribution in [0.1, 0.15) is 6.92 Å². The molecule has 1 atom stereocenters. The second-order valence-electron chi connectivity index (χ2n) is 2.44. The largest absolute Gasteiger partial charge is 0.467 e. The Morgan fingerprint density at radius 1 is 1.58 bits per heavy atom. The fourth-order valence-corrected chi connectivity index (χ4v) is 0.974. The van der Waals surface area contributed by atoms with Gasteiger partial charge in [0.25, 0.3) is 0 Å². The van der Waals surface area contributed by atoms with Crippen LogP contribution in [0.15, 0.2) is 16.8 Å². The molecule has 1 aliphatic rings. The summed E-state index contributed by atoms with van der Waals surface area (Å²) in [5.41, 5.74) is 0.834. The zero-order chi connectivity index (χ0) is 9.14. The van der Waals surface area contributed by atoms with E-state index in [1.54, 1.807) is 7.11 Å². The van der Waals surface area contributed by atoms with Crippen molar-refractivity contribution in [2.24, 2.45) is 10.8 Å². The lowest BCUT2D eigenvalue weighted by molar-refractivity contribution is 0.0274. The van der Waals surface area contributed by atoms with Gasteiger partial charge in [0.1, 0.15) is 0 Å². The first-order valence-electron chi connectivity index (χ1n) is 3.57. The van der Waals surface area contributed by atoms with Crippen molar-refractivity contribution in [2.75, 3.05) is 14.2 Å². The van der Waals surface area contributed by atoms with Gasteiger partial charge in [-0.25, -0.2) is 15.8 Å². The van der Waals surface area contributed by atoms with Crippen molar-refractivity contribution in [3.63, 3.8) is 0 Å². The zero-order valence-electron chi connectivity index (χ0n) is 7.44. The first-order valence-corrected chi connectivity index (χ1v) is 3.57. The van der Waals surface area contributed by atoms with Crippen LogP contribution in [0.4, 0.5) is 0 Å². The van der Waals surface area contributed by atoms with Gasteiger partial charge in [-0.1, -0.05) is 0 Å². The van der Waals surface area contributed by atoms with Gasteiger partial charge in [-0.3, -0.25) is 0 Å². The van der Waals surface area contributed by atoms with Crippen molar-refractivity contribution in [1.82, 2.24) is 5.01 Å². The molecule has 0 saturated heterocycles. The molecule has 0 radical (unpaired) electrons. The van der Waals surface area contributed by atoms with Gasteiger partial charge in [0.2, 0.25) is 0 Å². The highest BCUT2D eigenvalue weighted by atomic mass is 16.5. The van der Waals surface area contributed by atoms with E-state index in [0.717, 1.165) is 5.70 Å². The summed E-state index contributed by atoms with van der Waals surface area (Å²) in [7, 11) is 3.09. The van der Waals surface area contributed by atoms with Gasteiger partial charge in [0, 0.05) is 12.8 Å². The number of methoxy groups -OCH3 is 2. The Bertz CT molecular complexity index is 225. The van der Waals surface area contributed by atoms with Crippen LogP contribution in [0.2, 0.25) is 0 Å². The number of hydrazine groups is 1. The molecular formula is C7H13N3O2. The molecule has 5 nitrogen and oxygen atoms in total. The standard InChI is InChI=1S/C7H13N3O2/c1-5-4-6(11-2)10(8)7(9-5)12-3/h4,6H,8H2,1-3H3. The molecule has 1 rings (SSSR count). The predicted molar refractivity (Wildman–Crippen MR) is 45.0 cm³/mol. The normalized spacial score (nSPS) is 23.3. The maximum absolute atomic E-state index is 5.61. The number of hydrogen-bond acceptors (Lipinski definition) is 5. The van der Waals surface area contributed by atoms with Crippen molar-refractivity contribution in [1.29, 1.82) is 0 Å². The lowest BCUT2D eigenvalue weighted by Crippen LogP contribution is -2.48. The van der Waals surface area contributed by atoms with Crippen LogP contribution in [0.3, 0.4) is 0 Å². The number of allylic oxidation sites excluding steroid dienone is 1. The van der Waals surface area contributed by atoms with Gasteiger partial charge in [-0.15, -0.1) is 0 Å². The fraction of sp³-hybridized carbons (Fsp3) is 0.571. The van der Waals surface area contributed by atoms with Gasteiger partial charge in [0.15, 0.2) is 6.23 Å². The molecule has 0 amide bonds. The summed E-state index contributed by atoms with van der Waals surface area (Å²) < 4.78 is 10.0. The molecule has 68 valence electrons. The van der Waals surface area contributed by atoms with Crippen molar-refractivity contribution >= 4 is 6.02 Å². The maximum atomic E-state index is 5.61. The van der Waals surface area contributed by atoms with E-state index in [1.165, 1.54) is 12.1 Å². The Kier molecular flexibility index (Phi) is 2.67. The Morgan fingerprint density at radius 2 is 2.25 bits per heavy atom. The molecule has 0 fully saturated rings. The minimum absolute atomic E-state index is 0.294. The van der Waals surface area contributed by atoms with Crippen LogP contribution in [0.25, 0.3) is 0 Å². The van der Waals surface area contributed by atoms with Gasteiger partial charge >= 0.3 is 6.02 Å². The maximum Gasteiger partial charge on any atom is 0.309 e. The third-order valence-electron chi connectivity index (χ3n) is 1.57. The Balaban J connectivity index is 2.83. The molecular weight excluding hydrogens is 158 g/mol. The van der Waals surface area contributed by atoms with E-state index >= 15 is 0 Å². The minimum Gasteiger partial charge on any atom is -0.467 e. The van der Waals surface area contributed by atoms with Crippen molar-refractivity contribution in [3.8, 4) is 0 Å². The van der Waals surface area contributed by atoms with E-state index in [-0.39, 0.29) is 6.23 Å². The molecule has 0 aromatic heterocycles. The molecule has 0 spiro atoms. The highest BCUT2D eigenvalue weighted by Crippen LogP contribution is 2.11. The fourth-order valence-electron chi connectivity index (χ4n) is 0.974. The Labute approximate surface area is 71.4 Å². The van der Waals surface area contributed by atoms with Gasteiger partial charge in [-0.05, 0) is 13.0 Å². The molecule has 2 N–H and O–H groups in total. The molecule has 12 heavy (non-hydrogen) atoms. The third-order valence-corrected chi connectivity index (χ3v) is 1.57. The van der Waals surface area contributed by atoms with Crippen LogP contribution in [0, 0.1) is 0 Å². The first-order chi connectivity index (χ1) is 5.69. The van der Waals surface area contributed by atoms with Crippen LogP contribution in [-0.4, -0.2) is 31.5 Å². The van der Waals surface area contributed by atoms with Gasteiger partial charge in [0.05, 0.1) is 7.11 Å². The van der Waals surface area contributed by atoms with Crippen LogP contribution < -0.4 is 5.84 Å². The number of hydrogen-bond donors (Lipinski definition) is 1. The van der Waals surface area contributed by atoms with E-state index in [0.29, 0.717) is 6.02 Å². The summed E-state index contributed by atoms with van der Waals surface area (Å²) in [5, 5.41) is 1.33. The molecule has 0 aromatic rings. The summed E-state index contributed by atoms with van der Waals surface area (Å²) in [5.74, 6) is 5.61. The van der Waals surface area contributed by atoms with Crippen molar-refractivity contribution < 1.29 is 9.47 Å². The van der Waals surface area contributed by atoms with Crippen molar-refractivity contribution in [3.05, 3.63) is 11.8 Å². The van der Waals surface area contributed by atoms with Gasteiger partial charge < -0.3 is 9.47 Å².